The average molecular weight is 353 g/mol. The molecule has 2 rings (SSSR count). The van der Waals surface area contributed by atoms with E-state index in [0.29, 0.717) is 18.3 Å². The van der Waals surface area contributed by atoms with Gasteiger partial charge < -0.3 is 15.5 Å². The summed E-state index contributed by atoms with van der Waals surface area (Å²) in [5.74, 6) is 3.00. The van der Waals surface area contributed by atoms with Gasteiger partial charge in [0, 0.05) is 38.5 Å². The summed E-state index contributed by atoms with van der Waals surface area (Å²) in [6, 6.07) is 5.93. The molecule has 1 aliphatic heterocycles. The zero-order valence-electron chi connectivity index (χ0n) is 14.9. The van der Waals surface area contributed by atoms with Crippen molar-refractivity contribution < 1.29 is 4.39 Å². The van der Waals surface area contributed by atoms with Gasteiger partial charge in [0.05, 0.1) is 5.69 Å². The molecule has 1 aliphatic rings. The fourth-order valence-electron chi connectivity index (χ4n) is 2.91. The van der Waals surface area contributed by atoms with Crippen molar-refractivity contribution in [2.24, 2.45) is 4.99 Å². The van der Waals surface area contributed by atoms with Gasteiger partial charge in [0.15, 0.2) is 5.96 Å². The normalized spacial score (nSPS) is 18.3. The largest absolute Gasteiger partial charge is 0.370 e. The van der Waals surface area contributed by atoms with Gasteiger partial charge in [-0.1, -0.05) is 6.07 Å². The third kappa shape index (κ3) is 5.30. The van der Waals surface area contributed by atoms with E-state index in [4.69, 9.17) is 0 Å². The fraction of sp³-hybridized carbons (Fsp3) is 0.611. The van der Waals surface area contributed by atoms with Crippen LogP contribution in [0, 0.1) is 5.82 Å². The molecule has 6 heteroatoms. The van der Waals surface area contributed by atoms with Gasteiger partial charge in [0.25, 0.3) is 0 Å². The highest BCUT2D eigenvalue weighted by atomic mass is 32.2. The number of aliphatic imine (C=N–C) groups is 1. The van der Waals surface area contributed by atoms with Crippen LogP contribution in [0.2, 0.25) is 0 Å². The molecule has 0 amide bonds. The van der Waals surface area contributed by atoms with Gasteiger partial charge >= 0.3 is 0 Å². The predicted molar refractivity (Wildman–Crippen MR) is 104 cm³/mol. The van der Waals surface area contributed by atoms with Gasteiger partial charge in [-0.05, 0) is 50.1 Å². The Morgan fingerprint density at radius 2 is 2.17 bits per heavy atom. The third-order valence-electron chi connectivity index (χ3n) is 4.30. The van der Waals surface area contributed by atoms with Crippen LogP contribution in [-0.2, 0) is 6.54 Å². The molecule has 1 heterocycles. The first-order valence-corrected chi connectivity index (χ1v) is 9.91. The van der Waals surface area contributed by atoms with Crippen molar-refractivity contribution in [3.05, 3.63) is 29.6 Å². The molecule has 1 saturated heterocycles. The van der Waals surface area contributed by atoms with Crippen molar-refractivity contribution in [3.63, 3.8) is 0 Å². The van der Waals surface area contributed by atoms with Gasteiger partial charge in [-0.15, -0.1) is 0 Å². The standard InChI is InChI=1S/C18H29FN4S/c1-4-23(5-2)17-9-8-14(11-16(17)19)12-21-18(20-3)22-15-7-6-10-24-13-15/h8-9,11,15H,4-7,10,12-13H2,1-3H3,(H2,20,21,22). The maximum Gasteiger partial charge on any atom is 0.191 e. The van der Waals surface area contributed by atoms with E-state index in [1.165, 1.54) is 18.6 Å². The molecule has 1 fully saturated rings. The van der Waals surface area contributed by atoms with Crippen LogP contribution in [0.5, 0.6) is 0 Å². The SMILES string of the molecule is CCN(CC)c1ccc(CNC(=NC)NC2CCCSC2)cc1F. The number of rotatable bonds is 6. The van der Waals surface area contributed by atoms with Gasteiger partial charge in [-0.3, -0.25) is 4.99 Å². The Balaban J connectivity index is 1.91. The molecule has 0 aromatic heterocycles. The summed E-state index contributed by atoms with van der Waals surface area (Å²) in [5, 5.41) is 6.74. The number of thioether (sulfide) groups is 1. The Labute approximate surface area is 149 Å². The van der Waals surface area contributed by atoms with E-state index in [2.05, 4.69) is 15.6 Å². The number of halogens is 1. The smallest absolute Gasteiger partial charge is 0.191 e. The summed E-state index contributed by atoms with van der Waals surface area (Å²) < 4.78 is 14.3. The van der Waals surface area contributed by atoms with Crippen LogP contribution in [-0.4, -0.2) is 43.6 Å². The van der Waals surface area contributed by atoms with E-state index in [1.807, 2.05) is 42.6 Å². The van der Waals surface area contributed by atoms with E-state index in [-0.39, 0.29) is 5.82 Å². The number of guanidine groups is 1. The van der Waals surface area contributed by atoms with Crippen LogP contribution in [0.3, 0.4) is 0 Å². The van der Waals surface area contributed by atoms with Crippen LogP contribution in [0.4, 0.5) is 10.1 Å². The Bertz CT molecular complexity index is 540. The van der Waals surface area contributed by atoms with E-state index in [1.54, 1.807) is 13.1 Å². The van der Waals surface area contributed by atoms with E-state index in [9.17, 15) is 4.39 Å². The van der Waals surface area contributed by atoms with Crippen LogP contribution in [0.1, 0.15) is 32.3 Å². The molecule has 1 aromatic carbocycles. The molecule has 0 aliphatic carbocycles. The lowest BCUT2D eigenvalue weighted by Crippen LogP contribution is -2.45. The van der Waals surface area contributed by atoms with Gasteiger partial charge in [-0.25, -0.2) is 4.39 Å². The monoisotopic (exact) mass is 352 g/mol. The highest BCUT2D eigenvalue weighted by Gasteiger charge is 2.15. The summed E-state index contributed by atoms with van der Waals surface area (Å²) in [6.07, 6.45) is 2.43. The molecule has 24 heavy (non-hydrogen) atoms. The highest BCUT2D eigenvalue weighted by Crippen LogP contribution is 2.20. The van der Waals surface area contributed by atoms with Crippen LogP contribution in [0.25, 0.3) is 0 Å². The number of hydrogen-bond acceptors (Lipinski definition) is 3. The summed E-state index contributed by atoms with van der Waals surface area (Å²) in [4.78, 5) is 6.30. The molecule has 1 unspecified atom stereocenters. The molecule has 0 radical (unpaired) electrons. The lowest BCUT2D eigenvalue weighted by Gasteiger charge is -2.25. The number of hydrogen-bond donors (Lipinski definition) is 2. The summed E-state index contributed by atoms with van der Waals surface area (Å²) in [6.45, 7) is 6.26. The average Bonchev–Trinajstić information content (AvgIpc) is 2.62. The quantitative estimate of drug-likeness (QED) is 0.609. The number of anilines is 1. The zero-order chi connectivity index (χ0) is 17.4. The number of benzene rings is 1. The first kappa shape index (κ1) is 18.9. The van der Waals surface area contributed by atoms with Gasteiger partial charge in [-0.2, -0.15) is 11.8 Å². The van der Waals surface area contributed by atoms with Crippen LogP contribution < -0.4 is 15.5 Å². The van der Waals surface area contributed by atoms with Gasteiger partial charge in [0.2, 0.25) is 0 Å². The zero-order valence-corrected chi connectivity index (χ0v) is 15.8. The van der Waals surface area contributed by atoms with E-state index < -0.39 is 0 Å². The Morgan fingerprint density at radius 3 is 2.75 bits per heavy atom. The Morgan fingerprint density at radius 1 is 1.38 bits per heavy atom. The molecule has 4 nitrogen and oxygen atoms in total. The second kappa shape index (κ2) is 9.77. The minimum atomic E-state index is -0.162. The highest BCUT2D eigenvalue weighted by molar-refractivity contribution is 7.99. The van der Waals surface area contributed by atoms with Crippen molar-refractivity contribution >= 4 is 23.4 Å². The number of nitrogens with one attached hydrogen (secondary N) is 2. The molecular weight excluding hydrogens is 323 g/mol. The van der Waals surface area contributed by atoms with Crippen molar-refractivity contribution in [2.45, 2.75) is 39.3 Å². The summed E-state index contributed by atoms with van der Waals surface area (Å²) >= 11 is 1.98. The predicted octanol–water partition coefficient (Wildman–Crippen LogP) is 3.23. The van der Waals surface area contributed by atoms with Crippen molar-refractivity contribution in [2.75, 3.05) is 36.5 Å². The van der Waals surface area contributed by atoms with Crippen molar-refractivity contribution in [1.29, 1.82) is 0 Å². The molecule has 0 spiro atoms. The molecule has 0 saturated carbocycles. The van der Waals surface area contributed by atoms with E-state index in [0.717, 1.165) is 30.4 Å². The lowest BCUT2D eigenvalue weighted by atomic mass is 10.1. The maximum absolute atomic E-state index is 14.3. The van der Waals surface area contributed by atoms with Crippen LogP contribution in [0.15, 0.2) is 23.2 Å². The third-order valence-corrected chi connectivity index (χ3v) is 5.52. The topological polar surface area (TPSA) is 39.7 Å². The first-order chi connectivity index (χ1) is 11.7. The summed E-state index contributed by atoms with van der Waals surface area (Å²) in [7, 11) is 1.77. The molecule has 2 N–H and O–H groups in total. The molecule has 0 bridgehead atoms. The van der Waals surface area contributed by atoms with Crippen molar-refractivity contribution in [1.82, 2.24) is 10.6 Å². The van der Waals surface area contributed by atoms with Crippen LogP contribution >= 0.6 is 11.8 Å². The minimum absolute atomic E-state index is 0.162. The lowest BCUT2D eigenvalue weighted by molar-refractivity contribution is 0.581. The summed E-state index contributed by atoms with van der Waals surface area (Å²) in [5.41, 5.74) is 1.59. The maximum atomic E-state index is 14.3. The number of nitrogens with zero attached hydrogens (tertiary/aromatic N) is 2. The molecule has 1 atom stereocenters. The Hall–Kier alpha value is -1.43. The molecular formula is C18H29FN4S. The van der Waals surface area contributed by atoms with Gasteiger partial charge in [0.1, 0.15) is 5.82 Å². The second-order valence-corrected chi connectivity index (χ2v) is 7.09. The Kier molecular flexibility index (Phi) is 7.69. The fourth-order valence-corrected chi connectivity index (χ4v) is 3.98. The molecule has 134 valence electrons. The van der Waals surface area contributed by atoms with Crippen molar-refractivity contribution in [3.8, 4) is 0 Å². The second-order valence-electron chi connectivity index (χ2n) is 5.94. The minimum Gasteiger partial charge on any atom is -0.370 e. The van der Waals surface area contributed by atoms with E-state index >= 15 is 0 Å². The first-order valence-electron chi connectivity index (χ1n) is 8.76. The molecule has 1 aromatic rings.